The molecule has 0 spiro atoms. The molecule has 0 fully saturated rings. The Balaban J connectivity index is 2.62. The molecule has 2 amide bonds. The van der Waals surface area contributed by atoms with Gasteiger partial charge in [-0.15, -0.1) is 0 Å². The summed E-state index contributed by atoms with van der Waals surface area (Å²) < 4.78 is 0. The van der Waals surface area contributed by atoms with Gasteiger partial charge in [0.05, 0.1) is 6.42 Å². The fraction of sp³-hybridized carbons (Fsp3) is 0.467. The van der Waals surface area contributed by atoms with Crippen LogP contribution in [0.2, 0.25) is 0 Å². The molecule has 5 nitrogen and oxygen atoms in total. The highest BCUT2D eigenvalue weighted by atomic mass is 16.4. The van der Waals surface area contributed by atoms with Crippen molar-refractivity contribution in [3.63, 3.8) is 0 Å². The van der Waals surface area contributed by atoms with Gasteiger partial charge < -0.3 is 15.3 Å². The van der Waals surface area contributed by atoms with Gasteiger partial charge in [0.2, 0.25) is 0 Å². The second-order valence-corrected chi connectivity index (χ2v) is 4.97. The quantitative estimate of drug-likeness (QED) is 0.839. The van der Waals surface area contributed by atoms with Crippen molar-refractivity contribution in [1.82, 2.24) is 4.90 Å². The third kappa shape index (κ3) is 4.91. The lowest BCUT2D eigenvalue weighted by molar-refractivity contribution is -0.137. The molecule has 1 aromatic rings. The first-order valence-electron chi connectivity index (χ1n) is 6.78. The lowest BCUT2D eigenvalue weighted by Gasteiger charge is -2.17. The molecular weight excluding hydrogens is 256 g/mol. The van der Waals surface area contributed by atoms with Crippen LogP contribution in [0.1, 0.15) is 38.2 Å². The molecule has 0 radical (unpaired) electrons. The number of urea groups is 1. The third-order valence-corrected chi connectivity index (χ3v) is 3.12. The van der Waals surface area contributed by atoms with Gasteiger partial charge >= 0.3 is 12.0 Å². The zero-order valence-corrected chi connectivity index (χ0v) is 12.2. The monoisotopic (exact) mass is 278 g/mol. The largest absolute Gasteiger partial charge is 0.481 e. The van der Waals surface area contributed by atoms with E-state index in [1.807, 2.05) is 26.0 Å². The molecule has 0 aliphatic rings. The number of anilines is 1. The molecule has 110 valence electrons. The Morgan fingerprint density at radius 2 is 1.90 bits per heavy atom. The Morgan fingerprint density at radius 3 is 2.40 bits per heavy atom. The third-order valence-electron chi connectivity index (χ3n) is 3.12. The van der Waals surface area contributed by atoms with Gasteiger partial charge in [0.15, 0.2) is 0 Å². The highest BCUT2D eigenvalue weighted by Gasteiger charge is 2.11. The lowest BCUT2D eigenvalue weighted by atomic mass is 9.98. The minimum atomic E-state index is -0.809. The van der Waals surface area contributed by atoms with E-state index in [1.54, 1.807) is 24.1 Å². The summed E-state index contributed by atoms with van der Waals surface area (Å²) in [4.78, 5) is 24.1. The van der Waals surface area contributed by atoms with Gasteiger partial charge in [-0.3, -0.25) is 4.79 Å². The number of amides is 2. The molecular formula is C15H22N2O3. The van der Waals surface area contributed by atoms with Crippen molar-refractivity contribution in [2.24, 2.45) is 0 Å². The van der Waals surface area contributed by atoms with Crippen molar-refractivity contribution in [3.8, 4) is 0 Å². The summed E-state index contributed by atoms with van der Waals surface area (Å²) in [6.07, 6.45) is 1.01. The van der Waals surface area contributed by atoms with Crippen molar-refractivity contribution < 1.29 is 14.7 Å². The van der Waals surface area contributed by atoms with E-state index in [4.69, 9.17) is 5.11 Å². The summed E-state index contributed by atoms with van der Waals surface area (Å²) in [7, 11) is 1.75. The van der Waals surface area contributed by atoms with Gasteiger partial charge in [-0.05, 0) is 30.0 Å². The Bertz CT molecular complexity index is 457. The first-order chi connectivity index (χ1) is 9.43. The van der Waals surface area contributed by atoms with Gasteiger partial charge in [0.1, 0.15) is 0 Å². The average molecular weight is 278 g/mol. The van der Waals surface area contributed by atoms with Crippen molar-refractivity contribution in [1.29, 1.82) is 0 Å². The normalized spacial score (nSPS) is 11.8. The number of nitrogens with zero attached hydrogens (tertiary/aromatic N) is 1. The Kier molecular flexibility index (Phi) is 6.03. The number of rotatable bonds is 6. The SMILES string of the molecule is CCCN(C)C(=O)Nc1ccc(C(C)CC(=O)O)cc1. The highest BCUT2D eigenvalue weighted by Crippen LogP contribution is 2.21. The van der Waals surface area contributed by atoms with E-state index in [9.17, 15) is 9.59 Å². The fourth-order valence-electron chi connectivity index (χ4n) is 1.93. The predicted octanol–water partition coefficient (Wildman–Crippen LogP) is 3.14. The Hall–Kier alpha value is -2.04. The van der Waals surface area contributed by atoms with Crippen LogP contribution in [-0.4, -0.2) is 35.6 Å². The molecule has 0 aliphatic carbocycles. The van der Waals surface area contributed by atoms with Crippen molar-refractivity contribution in [2.45, 2.75) is 32.6 Å². The van der Waals surface area contributed by atoms with Crippen molar-refractivity contribution in [2.75, 3.05) is 18.9 Å². The maximum atomic E-state index is 11.8. The number of hydrogen-bond acceptors (Lipinski definition) is 2. The standard InChI is InChI=1S/C15H22N2O3/c1-4-9-17(3)15(20)16-13-7-5-12(6-8-13)11(2)10-14(18)19/h5-8,11H,4,9-10H2,1-3H3,(H,16,20)(H,18,19). The van der Waals surface area contributed by atoms with Crippen LogP contribution >= 0.6 is 0 Å². The van der Waals surface area contributed by atoms with Crippen molar-refractivity contribution in [3.05, 3.63) is 29.8 Å². The van der Waals surface area contributed by atoms with E-state index < -0.39 is 5.97 Å². The van der Waals surface area contributed by atoms with E-state index in [2.05, 4.69) is 5.32 Å². The van der Waals surface area contributed by atoms with Crippen LogP contribution in [0.25, 0.3) is 0 Å². The molecule has 5 heteroatoms. The van der Waals surface area contributed by atoms with E-state index in [0.29, 0.717) is 12.2 Å². The van der Waals surface area contributed by atoms with Crippen LogP contribution in [0.15, 0.2) is 24.3 Å². The number of benzene rings is 1. The van der Waals surface area contributed by atoms with Gasteiger partial charge in [0.25, 0.3) is 0 Å². The van der Waals surface area contributed by atoms with Gasteiger partial charge in [0, 0.05) is 19.3 Å². The highest BCUT2D eigenvalue weighted by molar-refractivity contribution is 5.89. The molecule has 1 aromatic carbocycles. The Labute approximate surface area is 119 Å². The average Bonchev–Trinajstić information content (AvgIpc) is 2.39. The van der Waals surface area contributed by atoms with Gasteiger partial charge in [-0.25, -0.2) is 4.79 Å². The predicted molar refractivity (Wildman–Crippen MR) is 79.0 cm³/mol. The summed E-state index contributed by atoms with van der Waals surface area (Å²) in [5.41, 5.74) is 1.66. The molecule has 20 heavy (non-hydrogen) atoms. The van der Waals surface area contributed by atoms with Gasteiger partial charge in [-0.1, -0.05) is 26.0 Å². The maximum absolute atomic E-state index is 11.8. The molecule has 2 N–H and O–H groups in total. The van der Waals surface area contributed by atoms with E-state index in [0.717, 1.165) is 12.0 Å². The molecule has 0 heterocycles. The van der Waals surface area contributed by atoms with Crippen LogP contribution in [0.5, 0.6) is 0 Å². The summed E-state index contributed by atoms with van der Waals surface area (Å²) in [6, 6.07) is 7.15. The molecule has 1 atom stereocenters. The first kappa shape index (κ1) is 16.0. The summed E-state index contributed by atoms with van der Waals surface area (Å²) in [5, 5.41) is 11.6. The molecule has 1 unspecified atom stereocenters. The van der Waals surface area contributed by atoms with Crippen LogP contribution in [0, 0.1) is 0 Å². The number of nitrogens with one attached hydrogen (secondary N) is 1. The van der Waals surface area contributed by atoms with Crippen molar-refractivity contribution >= 4 is 17.7 Å². The Morgan fingerprint density at radius 1 is 1.30 bits per heavy atom. The number of aliphatic carboxylic acids is 1. The molecule has 0 aromatic heterocycles. The minimum Gasteiger partial charge on any atom is -0.481 e. The molecule has 1 rings (SSSR count). The zero-order chi connectivity index (χ0) is 15.1. The van der Waals surface area contributed by atoms with Gasteiger partial charge in [-0.2, -0.15) is 0 Å². The van der Waals surface area contributed by atoms with Crippen LogP contribution < -0.4 is 5.32 Å². The van der Waals surface area contributed by atoms with E-state index in [1.165, 1.54) is 0 Å². The van der Waals surface area contributed by atoms with E-state index >= 15 is 0 Å². The van der Waals surface area contributed by atoms with Crippen LogP contribution in [0.4, 0.5) is 10.5 Å². The number of carbonyl (C=O) groups is 2. The summed E-state index contributed by atoms with van der Waals surface area (Å²) >= 11 is 0. The second-order valence-electron chi connectivity index (χ2n) is 4.97. The first-order valence-corrected chi connectivity index (χ1v) is 6.78. The second kappa shape index (κ2) is 7.53. The molecule has 0 bridgehead atoms. The van der Waals surface area contributed by atoms with Crippen LogP contribution in [0.3, 0.4) is 0 Å². The van der Waals surface area contributed by atoms with E-state index in [-0.39, 0.29) is 18.4 Å². The molecule has 0 saturated carbocycles. The van der Waals surface area contributed by atoms with Crippen LogP contribution in [-0.2, 0) is 4.79 Å². The fourth-order valence-corrected chi connectivity index (χ4v) is 1.93. The minimum absolute atomic E-state index is 0.0417. The number of carbonyl (C=O) groups excluding carboxylic acids is 1. The lowest BCUT2D eigenvalue weighted by Crippen LogP contribution is -2.31. The maximum Gasteiger partial charge on any atom is 0.321 e. The number of carboxylic acid groups (broad SMARTS) is 1. The number of hydrogen-bond donors (Lipinski definition) is 2. The zero-order valence-electron chi connectivity index (χ0n) is 12.2. The summed E-state index contributed by atoms with van der Waals surface area (Å²) in [6.45, 7) is 4.60. The molecule has 0 aliphatic heterocycles. The smallest absolute Gasteiger partial charge is 0.321 e. The number of carboxylic acids is 1. The topological polar surface area (TPSA) is 69.6 Å². The summed E-state index contributed by atoms with van der Waals surface area (Å²) in [5.74, 6) is -0.851. The molecule has 0 saturated heterocycles.